The molecule has 5 aromatic carbocycles. The molecular formula is C40H33N3OS. The Kier molecular flexibility index (Phi) is 5.76. The number of para-hydroxylation sites is 2. The summed E-state index contributed by atoms with van der Waals surface area (Å²) in [6, 6.07) is 36.9. The molecule has 0 saturated carbocycles. The minimum atomic E-state index is -0.209. The number of imidazole rings is 1. The van der Waals surface area contributed by atoms with Gasteiger partial charge in [0, 0.05) is 27.3 Å². The summed E-state index contributed by atoms with van der Waals surface area (Å²) in [6.07, 6.45) is 2.28. The molecule has 0 radical (unpaired) electrons. The van der Waals surface area contributed by atoms with Crippen LogP contribution in [-0.4, -0.2) is 24.8 Å². The fraction of sp³-hybridized carbons (Fsp3) is 0.200. The highest BCUT2D eigenvalue weighted by Crippen LogP contribution is 2.47. The number of hydrogen-bond acceptors (Lipinski definition) is 4. The number of pyridine rings is 1. The predicted octanol–water partition coefficient (Wildman–Crippen LogP) is 10.0. The summed E-state index contributed by atoms with van der Waals surface area (Å²) in [5.74, 6) is 0.314. The van der Waals surface area contributed by atoms with Crippen LogP contribution in [0.2, 0.25) is 0 Å². The van der Waals surface area contributed by atoms with Gasteiger partial charge in [-0.3, -0.25) is 9.39 Å². The molecule has 0 amide bonds. The molecular weight excluding hydrogens is 571 g/mol. The van der Waals surface area contributed by atoms with Gasteiger partial charge in [-0.25, -0.2) is 4.98 Å². The molecule has 0 saturated heterocycles. The summed E-state index contributed by atoms with van der Waals surface area (Å²) >= 11 is 1.93. The Bertz CT molecular complexity index is 2380. The maximum atomic E-state index is 11.8. The number of aliphatic imine (C=N–C) groups is 1. The second-order valence-corrected chi connectivity index (χ2v) is 14.7. The topological polar surface area (TPSA) is 49.9 Å². The van der Waals surface area contributed by atoms with Crippen LogP contribution in [0.5, 0.6) is 5.75 Å². The number of phenolic OH excluding ortho intramolecular Hbond substituents is 1. The van der Waals surface area contributed by atoms with Gasteiger partial charge in [0.05, 0.1) is 33.0 Å². The molecule has 0 spiro atoms. The van der Waals surface area contributed by atoms with Crippen molar-refractivity contribution < 1.29 is 5.11 Å². The second kappa shape index (κ2) is 9.69. The van der Waals surface area contributed by atoms with Gasteiger partial charge in [0.15, 0.2) is 0 Å². The van der Waals surface area contributed by atoms with Crippen molar-refractivity contribution >= 4 is 55.2 Å². The summed E-state index contributed by atoms with van der Waals surface area (Å²) in [5, 5.41) is 16.3. The van der Waals surface area contributed by atoms with E-state index in [1.54, 1.807) is 0 Å². The number of phenols is 1. The average Bonchev–Trinajstić information content (AvgIpc) is 3.67. The van der Waals surface area contributed by atoms with E-state index in [9.17, 15) is 5.11 Å². The predicted molar refractivity (Wildman–Crippen MR) is 189 cm³/mol. The second-order valence-electron chi connectivity index (χ2n) is 13.4. The fourth-order valence-electron chi connectivity index (χ4n) is 7.53. The lowest BCUT2D eigenvalue weighted by Gasteiger charge is -2.25. The molecule has 0 fully saturated rings. The molecule has 1 aliphatic carbocycles. The Labute approximate surface area is 266 Å². The number of aromatic nitrogens is 2. The lowest BCUT2D eigenvalue weighted by atomic mass is 9.84. The Morgan fingerprint density at radius 3 is 2.47 bits per heavy atom. The zero-order valence-electron chi connectivity index (χ0n) is 25.6. The Morgan fingerprint density at radius 1 is 0.800 bits per heavy atom. The zero-order chi connectivity index (χ0) is 30.4. The average molecular weight is 604 g/mol. The largest absolute Gasteiger partial charge is 0.507 e. The van der Waals surface area contributed by atoms with Gasteiger partial charge in [-0.05, 0) is 58.5 Å². The van der Waals surface area contributed by atoms with Gasteiger partial charge >= 0.3 is 0 Å². The van der Waals surface area contributed by atoms with E-state index in [0.717, 1.165) is 78.5 Å². The molecule has 9 rings (SSSR count). The van der Waals surface area contributed by atoms with Crippen LogP contribution in [0.25, 0.3) is 49.5 Å². The number of benzene rings is 5. The Morgan fingerprint density at radius 2 is 1.58 bits per heavy atom. The lowest BCUT2D eigenvalue weighted by Crippen LogP contribution is -2.18. The van der Waals surface area contributed by atoms with Crippen LogP contribution in [0, 0.1) is 0 Å². The third kappa shape index (κ3) is 4.00. The minimum absolute atomic E-state index is 0.209. The first kappa shape index (κ1) is 26.8. The SMILES string of the molecule is CC(C)(C)c1ccc2c3ccccc3n3c4cccc(-c5cccc(C6=N[C@H]7c8ccccc8CC[C@H]7S6)c5)c4nc3c2c1O. The number of aryl methyl sites for hydroxylation is 1. The normalized spacial score (nSPS) is 18.1. The molecule has 2 aromatic heterocycles. The number of fused-ring (bicyclic) bond motifs is 11. The molecule has 2 aliphatic rings. The Hall–Kier alpha value is -4.61. The van der Waals surface area contributed by atoms with Crippen molar-refractivity contribution in [2.45, 2.75) is 50.3 Å². The molecule has 1 N–H and O–H groups in total. The molecule has 220 valence electrons. The molecule has 7 aromatic rings. The van der Waals surface area contributed by atoms with Crippen molar-refractivity contribution in [1.82, 2.24) is 9.38 Å². The van der Waals surface area contributed by atoms with Crippen molar-refractivity contribution in [3.8, 4) is 16.9 Å². The standard InChI is InChI=1S/C40H33N3OS/c1-40(2,3)30-20-19-29-28-14-6-7-16-31(28)43-32-17-9-15-27(35(32)41-38(43)34(29)37(30)44)24-11-8-12-25(22-24)39-42-36-26-13-5-4-10-23(26)18-21-33(36)45-39/h4-17,19-20,22,33,36,44H,18,21H2,1-3H3/t33-,36+/m1/s1. The first-order valence-electron chi connectivity index (χ1n) is 15.8. The highest BCUT2D eigenvalue weighted by molar-refractivity contribution is 8.15. The van der Waals surface area contributed by atoms with Gasteiger partial charge in [0.2, 0.25) is 0 Å². The van der Waals surface area contributed by atoms with Gasteiger partial charge in [-0.2, -0.15) is 0 Å². The third-order valence-electron chi connectivity index (χ3n) is 9.69. The van der Waals surface area contributed by atoms with Crippen LogP contribution in [0.1, 0.15) is 55.5 Å². The van der Waals surface area contributed by atoms with Crippen LogP contribution >= 0.6 is 11.8 Å². The minimum Gasteiger partial charge on any atom is -0.507 e. The van der Waals surface area contributed by atoms with Crippen molar-refractivity contribution in [2.24, 2.45) is 4.99 Å². The van der Waals surface area contributed by atoms with Crippen molar-refractivity contribution in [3.63, 3.8) is 0 Å². The Balaban J connectivity index is 1.25. The van der Waals surface area contributed by atoms with Gasteiger partial charge in [0.25, 0.3) is 0 Å². The molecule has 4 nitrogen and oxygen atoms in total. The van der Waals surface area contributed by atoms with Gasteiger partial charge in [-0.15, -0.1) is 11.8 Å². The molecule has 3 heterocycles. The monoisotopic (exact) mass is 603 g/mol. The van der Waals surface area contributed by atoms with Crippen LogP contribution in [-0.2, 0) is 11.8 Å². The van der Waals surface area contributed by atoms with Gasteiger partial charge in [-0.1, -0.05) is 106 Å². The zero-order valence-corrected chi connectivity index (χ0v) is 26.4. The van der Waals surface area contributed by atoms with E-state index >= 15 is 0 Å². The summed E-state index contributed by atoms with van der Waals surface area (Å²) in [5.41, 5.74) is 10.7. The maximum absolute atomic E-state index is 11.8. The molecule has 1 aliphatic heterocycles. The van der Waals surface area contributed by atoms with Gasteiger partial charge in [0.1, 0.15) is 11.4 Å². The van der Waals surface area contributed by atoms with E-state index in [1.165, 1.54) is 11.1 Å². The third-order valence-corrected chi connectivity index (χ3v) is 11.1. The van der Waals surface area contributed by atoms with Crippen LogP contribution in [0.15, 0.2) is 108 Å². The highest BCUT2D eigenvalue weighted by Gasteiger charge is 2.36. The summed E-state index contributed by atoms with van der Waals surface area (Å²) < 4.78 is 2.23. The maximum Gasteiger partial charge on any atom is 0.150 e. The number of nitrogens with zero attached hydrogens (tertiary/aromatic N) is 3. The fourth-order valence-corrected chi connectivity index (χ4v) is 8.83. The molecule has 5 heteroatoms. The first-order valence-corrected chi connectivity index (χ1v) is 16.7. The van der Waals surface area contributed by atoms with E-state index < -0.39 is 0 Å². The van der Waals surface area contributed by atoms with E-state index in [1.807, 2.05) is 11.8 Å². The number of aromatic hydroxyl groups is 1. The van der Waals surface area contributed by atoms with E-state index in [-0.39, 0.29) is 11.5 Å². The molecule has 45 heavy (non-hydrogen) atoms. The van der Waals surface area contributed by atoms with Crippen molar-refractivity contribution in [3.05, 3.63) is 125 Å². The molecule has 2 atom stereocenters. The lowest BCUT2D eigenvalue weighted by molar-refractivity contribution is 0.453. The number of thioether (sulfide) groups is 1. The van der Waals surface area contributed by atoms with Crippen molar-refractivity contribution in [1.29, 1.82) is 0 Å². The van der Waals surface area contributed by atoms with E-state index in [0.29, 0.717) is 11.0 Å². The quantitative estimate of drug-likeness (QED) is 0.200. The number of hydrogen-bond donors (Lipinski definition) is 1. The first-order chi connectivity index (χ1) is 21.9. The van der Waals surface area contributed by atoms with E-state index in [2.05, 4.69) is 128 Å². The summed E-state index contributed by atoms with van der Waals surface area (Å²) in [6.45, 7) is 6.42. The highest BCUT2D eigenvalue weighted by atomic mass is 32.2. The van der Waals surface area contributed by atoms with E-state index in [4.69, 9.17) is 9.98 Å². The summed E-state index contributed by atoms with van der Waals surface area (Å²) in [4.78, 5) is 10.6. The van der Waals surface area contributed by atoms with Gasteiger partial charge < -0.3 is 5.11 Å². The smallest absolute Gasteiger partial charge is 0.150 e. The summed E-state index contributed by atoms with van der Waals surface area (Å²) in [7, 11) is 0. The van der Waals surface area contributed by atoms with Crippen LogP contribution < -0.4 is 0 Å². The van der Waals surface area contributed by atoms with Crippen LogP contribution in [0.3, 0.4) is 0 Å². The van der Waals surface area contributed by atoms with Crippen LogP contribution in [0.4, 0.5) is 0 Å². The molecule has 0 unspecified atom stereocenters. The number of rotatable bonds is 2. The molecule has 0 bridgehead atoms. The van der Waals surface area contributed by atoms with Crippen molar-refractivity contribution in [2.75, 3.05) is 0 Å².